The van der Waals surface area contributed by atoms with Gasteiger partial charge in [0.25, 0.3) is 0 Å². The van der Waals surface area contributed by atoms with E-state index in [4.69, 9.17) is 0 Å². The fourth-order valence-electron chi connectivity index (χ4n) is 0.0680. The van der Waals surface area contributed by atoms with Crippen molar-refractivity contribution in [3.8, 4) is 0 Å². The van der Waals surface area contributed by atoms with Crippen LogP contribution in [0.2, 0.25) is 0 Å². The van der Waals surface area contributed by atoms with Crippen molar-refractivity contribution in [3.63, 3.8) is 0 Å². The van der Waals surface area contributed by atoms with Crippen molar-refractivity contribution in [2.24, 2.45) is 0 Å². The predicted octanol–water partition coefficient (Wildman–Crippen LogP) is -2.44. The van der Waals surface area contributed by atoms with Crippen molar-refractivity contribution in [3.05, 3.63) is 0 Å². The van der Waals surface area contributed by atoms with Gasteiger partial charge in [-0.25, -0.2) is 0 Å². The quantitative estimate of drug-likeness (QED) is 0.289. The molecule has 0 atom stereocenters. The molecule has 0 aliphatic heterocycles. The molecule has 30 valence electrons. The van der Waals surface area contributed by atoms with Crippen LogP contribution in [0.3, 0.4) is 0 Å². The van der Waals surface area contributed by atoms with Gasteiger partial charge in [-0.15, -0.1) is 0 Å². The lowest BCUT2D eigenvalue weighted by atomic mass is 11.8. The Morgan fingerprint density at radius 3 is 2.60 bits per heavy atom. The van der Waals surface area contributed by atoms with Gasteiger partial charge in [-0.3, -0.25) is 0 Å². The molecule has 4 heteroatoms. The van der Waals surface area contributed by atoms with Crippen LogP contribution in [-0.4, -0.2) is 26.2 Å². The Morgan fingerprint density at radius 1 is 2.00 bits per heavy atom. The van der Waals surface area contributed by atoms with Crippen LogP contribution in [0, 0.1) is 0 Å². The van der Waals surface area contributed by atoms with E-state index in [1.54, 1.807) is 0 Å². The maximum Gasteiger partial charge on any atom is 0.217 e. The zero-order valence-corrected chi connectivity index (χ0v) is 6.52. The first-order chi connectivity index (χ1) is 2.41. The highest BCUT2D eigenvalue weighted by Crippen LogP contribution is 1.42. The Bertz CT molecular complexity index is 28.8. The molecule has 0 heterocycles. The molecule has 0 fully saturated rings. The van der Waals surface area contributed by atoms with Gasteiger partial charge in [-0.2, -0.15) is 0 Å². The average molecular weight is 106 g/mol. The second kappa shape index (κ2) is 4.06. The third-order valence-corrected chi connectivity index (χ3v) is 1.70. The van der Waals surface area contributed by atoms with Crippen molar-refractivity contribution < 1.29 is 8.91 Å². The Hall–Kier alpha value is 0.0638. The van der Waals surface area contributed by atoms with Crippen LogP contribution in [0.1, 0.15) is 0 Å². The van der Waals surface area contributed by atoms with E-state index < -0.39 is 9.76 Å². The second-order valence-corrected chi connectivity index (χ2v) is 3.60. The van der Waals surface area contributed by atoms with Gasteiger partial charge < -0.3 is 8.91 Å². The van der Waals surface area contributed by atoms with Crippen LogP contribution in [0.5, 0.6) is 0 Å². The van der Waals surface area contributed by atoms with E-state index in [0.717, 1.165) is 16.4 Å². The van der Waals surface area contributed by atoms with Crippen molar-refractivity contribution in [2.75, 3.05) is 0 Å². The molecule has 0 amide bonds. The minimum Gasteiger partial charge on any atom is -0.463 e. The molecule has 2 nitrogen and oxygen atoms in total. The van der Waals surface area contributed by atoms with E-state index >= 15 is 0 Å². The highest BCUT2D eigenvalue weighted by atomic mass is 28.3. The van der Waals surface area contributed by atoms with Gasteiger partial charge in [-0.05, 0) is 0 Å². The van der Waals surface area contributed by atoms with Crippen LogP contribution in [-0.2, 0) is 8.91 Å². The molecule has 0 saturated carbocycles. The summed E-state index contributed by atoms with van der Waals surface area (Å²) < 4.78 is 4.60. The summed E-state index contributed by atoms with van der Waals surface area (Å²) in [6.45, 7) is 0. The fraction of sp³-hybridized carbons (Fsp3) is 0. The van der Waals surface area contributed by atoms with E-state index in [1.165, 1.54) is 0 Å². The van der Waals surface area contributed by atoms with Crippen LogP contribution in [0.25, 0.3) is 0 Å². The van der Waals surface area contributed by atoms with Crippen LogP contribution in [0.4, 0.5) is 0 Å². The number of rotatable bonds is 2. The molecule has 0 aromatic carbocycles. The number of hydrogen-bond acceptors (Lipinski definition) is 2. The zero-order chi connectivity index (χ0) is 4.12. The molecule has 0 rings (SSSR count). The van der Waals surface area contributed by atoms with Crippen molar-refractivity contribution >= 4 is 26.2 Å². The van der Waals surface area contributed by atoms with Crippen LogP contribution >= 0.6 is 0 Å². The standard InChI is InChI=1S/CH6O2Si2/c2-1-5-3-4/h1H,5H2,4H3. The predicted molar refractivity (Wildman–Crippen MR) is 26.3 cm³/mol. The fourth-order valence-corrected chi connectivity index (χ4v) is 0.612. The first-order valence-electron chi connectivity index (χ1n) is 1.34. The summed E-state index contributed by atoms with van der Waals surface area (Å²) in [5, 5.41) is 0. The Balaban J connectivity index is 2.40. The van der Waals surface area contributed by atoms with E-state index in [0.29, 0.717) is 0 Å². The Labute approximate surface area is 36.0 Å². The van der Waals surface area contributed by atoms with Crippen LogP contribution < -0.4 is 0 Å². The lowest BCUT2D eigenvalue weighted by molar-refractivity contribution is 0.561. The molecule has 0 unspecified atom stereocenters. The SMILES string of the molecule is O=C[SiH2]O[SiH3]. The Kier molecular flexibility index (Phi) is 4.12. The summed E-state index contributed by atoms with van der Waals surface area (Å²) >= 11 is 0. The van der Waals surface area contributed by atoms with Gasteiger partial charge in [0.1, 0.15) is 16.4 Å². The second-order valence-electron chi connectivity index (χ2n) is 0.622. The molecular formula is CH6O2Si2. The molecule has 0 aliphatic carbocycles. The molecule has 0 N–H and O–H groups in total. The number of carbonyl (C=O) groups excluding carboxylic acids is 1. The highest BCUT2D eigenvalue weighted by Gasteiger charge is 1.67. The Morgan fingerprint density at radius 2 is 2.60 bits per heavy atom. The van der Waals surface area contributed by atoms with Crippen LogP contribution in [0.15, 0.2) is 0 Å². The average Bonchev–Trinajstić information content (AvgIpc) is 1.41. The van der Waals surface area contributed by atoms with Gasteiger partial charge in [0.15, 0.2) is 0 Å². The van der Waals surface area contributed by atoms with Crippen molar-refractivity contribution in [1.82, 2.24) is 0 Å². The highest BCUT2D eigenvalue weighted by molar-refractivity contribution is 6.63. The smallest absolute Gasteiger partial charge is 0.217 e. The van der Waals surface area contributed by atoms with E-state index in [2.05, 4.69) is 4.12 Å². The van der Waals surface area contributed by atoms with Gasteiger partial charge in [0.2, 0.25) is 9.76 Å². The van der Waals surface area contributed by atoms with E-state index in [1.807, 2.05) is 0 Å². The number of carbonyl (C=O) groups is 1. The molecule has 0 aromatic heterocycles. The van der Waals surface area contributed by atoms with Gasteiger partial charge in [0, 0.05) is 0 Å². The molecule has 0 bridgehead atoms. The molecule has 0 aromatic rings. The zero-order valence-electron chi connectivity index (χ0n) is 3.10. The summed E-state index contributed by atoms with van der Waals surface area (Å²) in [6, 6.07) is 0. The topological polar surface area (TPSA) is 26.3 Å². The summed E-state index contributed by atoms with van der Waals surface area (Å²) in [5.74, 6) is 0.882. The van der Waals surface area contributed by atoms with Crippen molar-refractivity contribution in [1.29, 1.82) is 0 Å². The molecule has 0 aliphatic rings. The molecular weight excluding hydrogens is 100 g/mol. The van der Waals surface area contributed by atoms with Crippen molar-refractivity contribution in [2.45, 2.75) is 0 Å². The third-order valence-electron chi connectivity index (χ3n) is 0.235. The third kappa shape index (κ3) is 4.06. The molecule has 0 saturated heterocycles. The first-order valence-corrected chi connectivity index (χ1v) is 3.55. The first kappa shape index (κ1) is 5.06. The van der Waals surface area contributed by atoms with Gasteiger partial charge in [0.05, 0.1) is 0 Å². The molecule has 0 spiro atoms. The monoisotopic (exact) mass is 106 g/mol. The lowest BCUT2D eigenvalue weighted by Gasteiger charge is -1.75. The molecule has 0 radical (unpaired) electrons. The summed E-state index contributed by atoms with van der Waals surface area (Å²) in [4.78, 5) is 9.36. The summed E-state index contributed by atoms with van der Waals surface area (Å²) in [7, 11) is 0.0424. The maximum atomic E-state index is 9.36. The van der Waals surface area contributed by atoms with E-state index in [9.17, 15) is 4.79 Å². The number of hydrogen-bond donors (Lipinski definition) is 0. The van der Waals surface area contributed by atoms with Gasteiger partial charge >= 0.3 is 0 Å². The summed E-state index contributed by atoms with van der Waals surface area (Å²) in [5.41, 5.74) is 0. The lowest BCUT2D eigenvalue weighted by Crippen LogP contribution is -1.93. The summed E-state index contributed by atoms with van der Waals surface area (Å²) in [6.07, 6.45) is 0. The van der Waals surface area contributed by atoms with E-state index in [-0.39, 0.29) is 0 Å². The minimum atomic E-state index is -0.687. The largest absolute Gasteiger partial charge is 0.463 e. The van der Waals surface area contributed by atoms with Gasteiger partial charge in [-0.1, -0.05) is 0 Å². The molecule has 5 heavy (non-hydrogen) atoms. The normalized spacial score (nSPS) is 10.4. The minimum absolute atomic E-state index is 0.687. The maximum absolute atomic E-state index is 9.36.